The molecule has 0 saturated carbocycles. The molecule has 202 valence electrons. The molecule has 0 atom stereocenters. The molecule has 0 unspecified atom stereocenters. The van der Waals surface area contributed by atoms with Gasteiger partial charge in [0.15, 0.2) is 0 Å². The van der Waals surface area contributed by atoms with Gasteiger partial charge in [-0.25, -0.2) is 0 Å². The summed E-state index contributed by atoms with van der Waals surface area (Å²) < 4.78 is 0. The van der Waals surface area contributed by atoms with Crippen LogP contribution in [0.15, 0.2) is 121 Å². The molecule has 0 N–H and O–H groups in total. The second-order valence-corrected chi connectivity index (χ2v) is 12.9. The molecule has 0 aromatic heterocycles. The zero-order valence-corrected chi connectivity index (χ0v) is 24.5. The van der Waals surface area contributed by atoms with Gasteiger partial charge in [0.1, 0.15) is 0 Å². The molecule has 0 heterocycles. The van der Waals surface area contributed by atoms with Crippen molar-refractivity contribution in [3.8, 4) is 44.5 Å². The highest BCUT2D eigenvalue weighted by Crippen LogP contribution is 2.54. The van der Waals surface area contributed by atoms with Crippen molar-refractivity contribution in [2.24, 2.45) is 0 Å². The summed E-state index contributed by atoms with van der Waals surface area (Å²) in [5, 5.41) is 16.3. The molecule has 0 fully saturated rings. The lowest BCUT2D eigenvalue weighted by molar-refractivity contribution is 1.51. The molecule has 0 bridgehead atoms. The van der Waals surface area contributed by atoms with Crippen LogP contribution in [0.3, 0.4) is 0 Å². The van der Waals surface area contributed by atoms with Crippen molar-refractivity contribution in [1.82, 2.24) is 0 Å². The van der Waals surface area contributed by atoms with Crippen molar-refractivity contribution in [3.05, 3.63) is 132 Å². The van der Waals surface area contributed by atoms with Gasteiger partial charge in [0.2, 0.25) is 0 Å². The van der Waals surface area contributed by atoms with E-state index in [-0.39, 0.29) is 0 Å². The van der Waals surface area contributed by atoms with E-state index in [1.165, 1.54) is 120 Å². The number of benzene rings is 9. The Hall–Kier alpha value is -5.46. The maximum absolute atomic E-state index is 2.50. The first-order valence-electron chi connectivity index (χ1n) is 15.6. The summed E-state index contributed by atoms with van der Waals surface area (Å²) >= 11 is 0. The number of hydrogen-bond acceptors (Lipinski definition) is 0. The third-order valence-electron chi connectivity index (χ3n) is 10.7. The van der Waals surface area contributed by atoms with Gasteiger partial charge < -0.3 is 0 Å². The summed E-state index contributed by atoms with van der Waals surface area (Å²) in [4.78, 5) is 0. The van der Waals surface area contributed by atoms with Crippen LogP contribution in [0.2, 0.25) is 0 Å². The highest BCUT2D eigenvalue weighted by Gasteiger charge is 2.26. The molecule has 2 aliphatic rings. The summed E-state index contributed by atoms with van der Waals surface area (Å²) in [5.41, 5.74) is 13.5. The van der Waals surface area contributed by atoms with Crippen LogP contribution in [0.5, 0.6) is 0 Å². The molecule has 0 nitrogen and oxygen atoms in total. The predicted octanol–water partition coefficient (Wildman–Crippen LogP) is 12.5. The van der Waals surface area contributed by atoms with Crippen LogP contribution in [-0.2, 0) is 0 Å². The zero-order chi connectivity index (χ0) is 28.8. The van der Waals surface area contributed by atoms with Gasteiger partial charge in [-0.2, -0.15) is 0 Å². The van der Waals surface area contributed by atoms with Crippen LogP contribution >= 0.6 is 0 Å². The van der Waals surface area contributed by atoms with E-state index in [0.717, 1.165) is 0 Å². The Bertz CT molecular complexity index is 2830. The van der Waals surface area contributed by atoms with E-state index in [0.29, 0.717) is 0 Å². The SMILES string of the molecule is Cc1ccc2c(c1)c(-c1ccc3c4c1ccc1ccc5cccc-3c5c14)cc1c3ccc(C)c4c3c(cc21)-c1ccccc1-4. The molecule has 0 radical (unpaired) electrons. The molecule has 9 aromatic carbocycles. The summed E-state index contributed by atoms with van der Waals surface area (Å²) in [5.74, 6) is 0. The standard InChI is InChI=1S/C44H26/c1-23-10-15-29-35(20-23)36(21-38-34-16-11-24(2)40-30-8-4-3-7-27(30)39(44(34)40)22-37(29)38)28-18-19-33-31-9-5-6-25-12-13-26-14-17-32(28)43(33)42(26)41(25)31/h3-22H,1-2H3. The van der Waals surface area contributed by atoms with Gasteiger partial charge in [-0.1, -0.05) is 115 Å². The van der Waals surface area contributed by atoms with Crippen LogP contribution < -0.4 is 0 Å². The van der Waals surface area contributed by atoms with Crippen LogP contribution in [-0.4, -0.2) is 0 Å². The van der Waals surface area contributed by atoms with Gasteiger partial charge in [-0.3, -0.25) is 0 Å². The topological polar surface area (TPSA) is 0 Å². The van der Waals surface area contributed by atoms with Crippen molar-refractivity contribution in [1.29, 1.82) is 0 Å². The first kappa shape index (κ1) is 23.1. The second kappa shape index (κ2) is 7.73. The Kier molecular flexibility index (Phi) is 4.05. The van der Waals surface area contributed by atoms with Gasteiger partial charge in [0.25, 0.3) is 0 Å². The molecule has 0 amide bonds. The first-order chi connectivity index (χ1) is 21.7. The average Bonchev–Trinajstić information content (AvgIpc) is 3.58. The smallest absolute Gasteiger partial charge is 0.00139 e. The molecule has 0 saturated heterocycles. The van der Waals surface area contributed by atoms with Gasteiger partial charge in [-0.15, -0.1) is 0 Å². The Labute approximate surface area is 254 Å². The van der Waals surface area contributed by atoms with Crippen molar-refractivity contribution >= 4 is 64.6 Å². The van der Waals surface area contributed by atoms with E-state index in [1.54, 1.807) is 0 Å². The summed E-state index contributed by atoms with van der Waals surface area (Å²) in [7, 11) is 0. The number of fused-ring (bicyclic) bond motifs is 8. The summed E-state index contributed by atoms with van der Waals surface area (Å²) in [6.07, 6.45) is 0. The highest BCUT2D eigenvalue weighted by atomic mass is 14.3. The van der Waals surface area contributed by atoms with E-state index >= 15 is 0 Å². The molecule has 11 rings (SSSR count). The lowest BCUT2D eigenvalue weighted by atomic mass is 9.86. The second-order valence-electron chi connectivity index (χ2n) is 12.9. The largest absolute Gasteiger partial charge is 0.0616 e. The minimum absolute atomic E-state index is 1.29. The lowest BCUT2D eigenvalue weighted by Crippen LogP contribution is -1.90. The van der Waals surface area contributed by atoms with Crippen LogP contribution in [0.1, 0.15) is 11.1 Å². The fourth-order valence-electron chi connectivity index (χ4n) is 8.81. The van der Waals surface area contributed by atoms with Crippen molar-refractivity contribution in [3.63, 3.8) is 0 Å². The molecule has 9 aromatic rings. The van der Waals surface area contributed by atoms with Gasteiger partial charge in [-0.05, 0) is 141 Å². The van der Waals surface area contributed by atoms with Gasteiger partial charge in [0, 0.05) is 0 Å². The third-order valence-corrected chi connectivity index (χ3v) is 10.7. The Morgan fingerprint density at radius 3 is 1.91 bits per heavy atom. The molecule has 2 aliphatic carbocycles. The predicted molar refractivity (Wildman–Crippen MR) is 190 cm³/mol. The van der Waals surface area contributed by atoms with E-state index in [9.17, 15) is 0 Å². The Balaban J connectivity index is 1.32. The van der Waals surface area contributed by atoms with E-state index in [2.05, 4.69) is 135 Å². The fourth-order valence-corrected chi connectivity index (χ4v) is 8.81. The minimum atomic E-state index is 1.29. The Morgan fingerprint density at radius 2 is 1.00 bits per heavy atom. The van der Waals surface area contributed by atoms with Crippen LogP contribution in [0.4, 0.5) is 0 Å². The maximum Gasteiger partial charge on any atom is -0.00139 e. The minimum Gasteiger partial charge on any atom is -0.0616 e. The lowest BCUT2D eigenvalue weighted by Gasteiger charge is -2.17. The average molecular weight is 555 g/mol. The molecule has 0 aliphatic heterocycles. The molecule has 44 heavy (non-hydrogen) atoms. The van der Waals surface area contributed by atoms with Crippen molar-refractivity contribution < 1.29 is 0 Å². The number of rotatable bonds is 1. The van der Waals surface area contributed by atoms with E-state index in [4.69, 9.17) is 0 Å². The maximum atomic E-state index is 2.50. The van der Waals surface area contributed by atoms with E-state index in [1.807, 2.05) is 0 Å². The quantitative estimate of drug-likeness (QED) is 0.177. The molecule has 0 spiro atoms. The highest BCUT2D eigenvalue weighted by molar-refractivity contribution is 6.35. The van der Waals surface area contributed by atoms with Crippen LogP contribution in [0.25, 0.3) is 109 Å². The monoisotopic (exact) mass is 554 g/mol. The van der Waals surface area contributed by atoms with Gasteiger partial charge in [0.05, 0.1) is 0 Å². The molecular weight excluding hydrogens is 528 g/mol. The normalized spacial score (nSPS) is 12.8. The van der Waals surface area contributed by atoms with E-state index < -0.39 is 0 Å². The number of hydrogen-bond donors (Lipinski definition) is 0. The fraction of sp³-hybridized carbons (Fsp3) is 0.0455. The van der Waals surface area contributed by atoms with Gasteiger partial charge >= 0.3 is 0 Å². The van der Waals surface area contributed by atoms with Crippen molar-refractivity contribution in [2.75, 3.05) is 0 Å². The van der Waals surface area contributed by atoms with Crippen LogP contribution in [0, 0.1) is 13.8 Å². The van der Waals surface area contributed by atoms with Crippen molar-refractivity contribution in [2.45, 2.75) is 13.8 Å². The Morgan fingerprint density at radius 1 is 0.318 bits per heavy atom. The first-order valence-corrected chi connectivity index (χ1v) is 15.6. The molecule has 0 heteroatoms. The summed E-state index contributed by atoms with van der Waals surface area (Å²) in [6, 6.07) is 46.4. The third kappa shape index (κ3) is 2.63. The zero-order valence-electron chi connectivity index (χ0n) is 24.5. The molecular formula is C44H26. The number of aryl methyl sites for hydroxylation is 2. The summed E-state index contributed by atoms with van der Waals surface area (Å²) in [6.45, 7) is 4.48.